The Morgan fingerprint density at radius 1 is 0.912 bits per heavy atom. The number of fused-ring (bicyclic) bond motifs is 4. The van der Waals surface area contributed by atoms with E-state index in [0.29, 0.717) is 55.4 Å². The lowest BCUT2D eigenvalue weighted by molar-refractivity contribution is -0.302. The lowest BCUT2D eigenvalue weighted by atomic mass is 9.81. The van der Waals surface area contributed by atoms with Crippen molar-refractivity contribution in [2.75, 3.05) is 20.8 Å². The summed E-state index contributed by atoms with van der Waals surface area (Å²) in [6, 6.07) is 6.84. The van der Waals surface area contributed by atoms with Gasteiger partial charge in [-0.05, 0) is 125 Å². The average Bonchev–Trinajstić information content (AvgIpc) is 3.73. The molecule has 4 N–H and O–H groups in total. The molecule has 0 radical (unpaired) electrons. The first-order chi connectivity index (χ1) is 32.3. The zero-order valence-electron chi connectivity index (χ0n) is 41.7. The predicted octanol–water partition coefficient (Wildman–Crippen LogP) is 6.24. The minimum absolute atomic E-state index is 0.0502. The molecule has 1 aromatic heterocycles. The molecule has 15 heteroatoms. The van der Waals surface area contributed by atoms with Crippen LogP contribution >= 0.6 is 0 Å². The molecule has 1 aliphatic carbocycles. The molecule has 4 aliphatic rings. The summed E-state index contributed by atoms with van der Waals surface area (Å²) in [7, 11) is 2.95. The van der Waals surface area contributed by atoms with Crippen molar-refractivity contribution in [3.63, 3.8) is 0 Å². The van der Waals surface area contributed by atoms with Crippen molar-refractivity contribution in [2.24, 2.45) is 29.6 Å². The van der Waals surface area contributed by atoms with Gasteiger partial charge in [0.1, 0.15) is 35.9 Å². The molecular weight excluding hydrogens is 873 g/mol. The number of hydrogen-bond acceptors (Lipinski definition) is 13. The lowest BCUT2D eigenvalue weighted by Crippen LogP contribution is -2.64. The van der Waals surface area contributed by atoms with Crippen LogP contribution in [0.3, 0.4) is 0 Å². The number of amides is 1. The van der Waals surface area contributed by atoms with Gasteiger partial charge in [-0.25, -0.2) is 4.79 Å². The van der Waals surface area contributed by atoms with Crippen molar-refractivity contribution < 1.29 is 63.3 Å². The molecule has 6 rings (SSSR count). The SMILES string of the molecule is CCCn1ccc2cc(OC3CCC(C=C(C)C4OC(=O)C5CCCCN5C(=O)C(=O)C5(O)OC(C(OC)CC(C)C(O)C(C)=CC(CC)C(=O)CC(O)C4C)C(OC)CC5C)CC3O)ccc21. The Bertz CT molecular complexity index is 2130. The number of ketones is 2. The highest BCUT2D eigenvalue weighted by atomic mass is 16.7. The zero-order chi connectivity index (χ0) is 49.6. The first kappa shape index (κ1) is 53.4. The van der Waals surface area contributed by atoms with Gasteiger partial charge >= 0.3 is 5.97 Å². The quantitative estimate of drug-likeness (QED) is 0.125. The molecule has 15 nitrogen and oxygen atoms in total. The Morgan fingerprint density at radius 3 is 2.31 bits per heavy atom. The van der Waals surface area contributed by atoms with Crippen LogP contribution in [0, 0.1) is 29.6 Å². The van der Waals surface area contributed by atoms with Gasteiger partial charge in [-0.1, -0.05) is 46.8 Å². The minimum Gasteiger partial charge on any atom is -0.488 e. The fourth-order valence-corrected chi connectivity index (χ4v) is 11.1. The Kier molecular flexibility index (Phi) is 18.3. The van der Waals surface area contributed by atoms with Gasteiger partial charge in [0.2, 0.25) is 5.79 Å². The summed E-state index contributed by atoms with van der Waals surface area (Å²) in [4.78, 5) is 58.4. The Morgan fingerprint density at radius 2 is 1.63 bits per heavy atom. The highest BCUT2D eigenvalue weighted by Gasteiger charge is 2.57. The fraction of sp³-hybridized carbons (Fsp3) is 0.698. The number of carbonyl (C=O) groups is 4. The maximum Gasteiger partial charge on any atom is 0.329 e. The van der Waals surface area contributed by atoms with Crippen molar-refractivity contribution in [2.45, 2.75) is 186 Å². The van der Waals surface area contributed by atoms with E-state index in [9.17, 15) is 39.6 Å². The number of methoxy groups -OCH3 is 2. The van der Waals surface area contributed by atoms with Gasteiger partial charge in [0.25, 0.3) is 11.7 Å². The van der Waals surface area contributed by atoms with Gasteiger partial charge in [-0.2, -0.15) is 0 Å². The number of benzene rings is 1. The van der Waals surface area contributed by atoms with Crippen LogP contribution in [0.25, 0.3) is 10.9 Å². The van der Waals surface area contributed by atoms with Gasteiger partial charge in [0.15, 0.2) is 0 Å². The summed E-state index contributed by atoms with van der Waals surface area (Å²) in [6.45, 7) is 13.6. The normalized spacial score (nSPS) is 36.7. The summed E-state index contributed by atoms with van der Waals surface area (Å²) >= 11 is 0. The summed E-state index contributed by atoms with van der Waals surface area (Å²) in [6.07, 6.45) is 3.09. The number of carbonyl (C=O) groups excluding carboxylic acids is 4. The molecule has 1 saturated carbocycles. The number of rotatable bonds is 9. The minimum atomic E-state index is -2.59. The van der Waals surface area contributed by atoms with E-state index >= 15 is 0 Å². The molecule has 15 unspecified atom stereocenters. The lowest BCUT2D eigenvalue weighted by Gasteiger charge is -2.47. The molecule has 15 atom stereocenters. The molecule has 3 fully saturated rings. The van der Waals surface area contributed by atoms with Crippen molar-refractivity contribution in [1.82, 2.24) is 9.47 Å². The number of aryl methyl sites for hydroxylation is 1. The number of aliphatic hydroxyl groups excluding tert-OH is 3. The zero-order valence-corrected chi connectivity index (χ0v) is 41.7. The predicted molar refractivity (Wildman–Crippen MR) is 255 cm³/mol. The van der Waals surface area contributed by atoms with Crippen LogP contribution in [0.15, 0.2) is 53.8 Å². The molecule has 68 heavy (non-hydrogen) atoms. The number of cyclic esters (lactones) is 1. The fourth-order valence-electron chi connectivity index (χ4n) is 11.1. The van der Waals surface area contributed by atoms with Gasteiger partial charge in [-0.3, -0.25) is 14.4 Å². The molecule has 4 heterocycles. The van der Waals surface area contributed by atoms with Crippen LogP contribution in [-0.4, -0.2) is 135 Å². The van der Waals surface area contributed by atoms with E-state index in [1.807, 2.05) is 38.1 Å². The van der Waals surface area contributed by atoms with Crippen molar-refractivity contribution >= 4 is 34.3 Å². The maximum absolute atomic E-state index is 14.5. The van der Waals surface area contributed by atoms with Crippen LogP contribution in [0.2, 0.25) is 0 Å². The highest BCUT2D eigenvalue weighted by molar-refractivity contribution is 6.39. The monoisotopic (exact) mass is 951 g/mol. The molecular formula is C53H78N2O13. The number of allylic oxidation sites excluding steroid dienone is 2. The molecule has 3 aliphatic heterocycles. The number of esters is 1. The number of aliphatic hydroxyl groups is 4. The van der Waals surface area contributed by atoms with Crippen molar-refractivity contribution in [3.05, 3.63) is 53.8 Å². The van der Waals surface area contributed by atoms with Crippen LogP contribution in [-0.2, 0) is 44.7 Å². The first-order valence-electron chi connectivity index (χ1n) is 25.1. The largest absolute Gasteiger partial charge is 0.488 e. The Hall–Kier alpha value is -3.96. The highest BCUT2D eigenvalue weighted by Crippen LogP contribution is 2.40. The topological polar surface area (TPSA) is 204 Å². The molecule has 1 aromatic carbocycles. The van der Waals surface area contributed by atoms with Crippen molar-refractivity contribution in [1.29, 1.82) is 0 Å². The van der Waals surface area contributed by atoms with Gasteiger partial charge in [0.05, 0.1) is 30.5 Å². The van der Waals surface area contributed by atoms with E-state index in [1.165, 1.54) is 14.2 Å². The van der Waals surface area contributed by atoms with E-state index in [-0.39, 0.29) is 43.9 Å². The van der Waals surface area contributed by atoms with Crippen LogP contribution < -0.4 is 4.74 Å². The third kappa shape index (κ3) is 11.8. The molecule has 0 spiro atoms. The van der Waals surface area contributed by atoms with Gasteiger partial charge < -0.3 is 53.6 Å². The first-order valence-corrected chi connectivity index (χ1v) is 25.1. The summed E-state index contributed by atoms with van der Waals surface area (Å²) in [5.74, 6) is -8.16. The third-order valence-corrected chi connectivity index (χ3v) is 15.4. The van der Waals surface area contributed by atoms with E-state index < -0.39 is 102 Å². The number of piperidine rings is 1. The summed E-state index contributed by atoms with van der Waals surface area (Å²) < 4.78 is 32.8. The molecule has 378 valence electrons. The van der Waals surface area contributed by atoms with Crippen LogP contribution in [0.1, 0.15) is 119 Å². The second-order valence-electron chi connectivity index (χ2n) is 20.3. The third-order valence-electron chi connectivity index (χ3n) is 15.4. The van der Waals surface area contributed by atoms with E-state index in [0.717, 1.165) is 28.8 Å². The molecule has 2 bridgehead atoms. The van der Waals surface area contributed by atoms with E-state index in [4.69, 9.17) is 23.7 Å². The van der Waals surface area contributed by atoms with Crippen molar-refractivity contribution in [3.8, 4) is 5.75 Å². The number of Topliss-reactive ketones (excluding diaryl/α,β-unsaturated/α-hetero) is 2. The Labute approximate surface area is 402 Å². The number of aromatic nitrogens is 1. The second-order valence-corrected chi connectivity index (χ2v) is 20.3. The smallest absolute Gasteiger partial charge is 0.329 e. The summed E-state index contributed by atoms with van der Waals surface area (Å²) in [5, 5.41) is 48.1. The molecule has 2 aromatic rings. The second kappa shape index (κ2) is 23.3. The van der Waals surface area contributed by atoms with E-state index in [1.54, 1.807) is 33.8 Å². The molecule has 1 amide bonds. The number of ether oxygens (including phenoxy) is 5. The van der Waals surface area contributed by atoms with Gasteiger partial charge in [-0.15, -0.1) is 0 Å². The van der Waals surface area contributed by atoms with Crippen LogP contribution in [0.4, 0.5) is 0 Å². The number of hydrogen-bond donors (Lipinski definition) is 4. The van der Waals surface area contributed by atoms with Gasteiger partial charge in [0, 0.05) is 68.6 Å². The molecule has 2 saturated heterocycles. The Balaban J connectivity index is 1.29. The number of nitrogens with zero attached hydrogens (tertiary/aromatic N) is 2. The standard InChI is InChI=1S/C53H78N2O13/c1-10-20-54-22-19-37-28-38(16-17-39(37)54)66-44-18-15-35(27-43(44)58)23-32(5)48-34(7)41(56)29-42(57)36(11-2)24-30(3)47(59)31(4)25-45(64-8)49-46(65-9)26-33(6)53(63,68-49)50(60)51(61)55-21-13-12-14-40(55)52(62)67-48/h16-17,19,22-24,28,31,33-36,40-41,43-49,56,58-59,63H,10-15,18,20-21,25-27,29H2,1-9H3. The summed E-state index contributed by atoms with van der Waals surface area (Å²) in [5.41, 5.74) is 2.27. The van der Waals surface area contributed by atoms with E-state index in [2.05, 4.69) is 23.8 Å². The van der Waals surface area contributed by atoms with Crippen LogP contribution in [0.5, 0.6) is 5.75 Å². The maximum atomic E-state index is 14.5. The average molecular weight is 951 g/mol.